The van der Waals surface area contributed by atoms with Gasteiger partial charge in [0.05, 0.1) is 5.69 Å². The highest BCUT2D eigenvalue weighted by Crippen LogP contribution is 2.37. The largest absolute Gasteiger partial charge is 0.348 e. The molecule has 0 aromatic carbocycles. The molecule has 19 heavy (non-hydrogen) atoms. The summed E-state index contributed by atoms with van der Waals surface area (Å²) in [6.07, 6.45) is 5.35. The maximum absolute atomic E-state index is 4.95. The van der Waals surface area contributed by atoms with Crippen molar-refractivity contribution >= 4 is 16.5 Å². The minimum atomic E-state index is 0.139. The molecule has 1 N–H and O–H groups in total. The van der Waals surface area contributed by atoms with Crippen molar-refractivity contribution in [3.05, 3.63) is 10.6 Å². The Kier molecular flexibility index (Phi) is 3.34. The molecular formula is C15H25N3S. The average Bonchev–Trinajstić information content (AvgIpc) is 3.22. The summed E-state index contributed by atoms with van der Waals surface area (Å²) < 4.78 is 0. The molecule has 0 radical (unpaired) electrons. The van der Waals surface area contributed by atoms with E-state index in [-0.39, 0.29) is 5.41 Å². The molecule has 1 aromatic rings. The average molecular weight is 279 g/mol. The molecule has 2 aliphatic rings. The number of rotatable bonds is 5. The van der Waals surface area contributed by atoms with Crippen molar-refractivity contribution in [2.24, 2.45) is 0 Å². The van der Waals surface area contributed by atoms with Crippen molar-refractivity contribution < 1.29 is 0 Å². The van der Waals surface area contributed by atoms with Crippen LogP contribution in [0.4, 0.5) is 5.13 Å². The molecular weight excluding hydrogens is 254 g/mol. The van der Waals surface area contributed by atoms with Gasteiger partial charge in [0.25, 0.3) is 0 Å². The van der Waals surface area contributed by atoms with Gasteiger partial charge in [0, 0.05) is 36.0 Å². The lowest BCUT2D eigenvalue weighted by molar-refractivity contribution is 0.558. The molecule has 3 rings (SSSR count). The second-order valence-electron chi connectivity index (χ2n) is 7.02. The number of aromatic nitrogens is 1. The maximum atomic E-state index is 4.95. The normalized spacial score (nSPS) is 19.8. The van der Waals surface area contributed by atoms with Gasteiger partial charge in [0.15, 0.2) is 5.13 Å². The van der Waals surface area contributed by atoms with E-state index in [1.165, 1.54) is 41.4 Å². The molecule has 2 fully saturated rings. The van der Waals surface area contributed by atoms with Crippen LogP contribution in [-0.4, -0.2) is 24.1 Å². The van der Waals surface area contributed by atoms with Crippen molar-refractivity contribution in [3.63, 3.8) is 0 Å². The Morgan fingerprint density at radius 2 is 1.95 bits per heavy atom. The topological polar surface area (TPSA) is 28.2 Å². The Morgan fingerprint density at radius 3 is 2.47 bits per heavy atom. The fourth-order valence-electron chi connectivity index (χ4n) is 2.34. The fraction of sp³-hybridized carbons (Fsp3) is 0.800. The highest BCUT2D eigenvalue weighted by Gasteiger charge is 2.31. The van der Waals surface area contributed by atoms with Crippen LogP contribution in [0.5, 0.6) is 0 Å². The standard InChI is InChI=1S/C15H25N3S/c1-15(2,3)13-12(9-16-10-5-6-10)19-14(17-13)18(4)11-7-8-11/h10-11,16H,5-9H2,1-4H3. The second-order valence-corrected chi connectivity index (χ2v) is 8.08. The summed E-state index contributed by atoms with van der Waals surface area (Å²) in [5.74, 6) is 0. The molecule has 4 heteroatoms. The molecule has 1 heterocycles. The zero-order valence-electron chi connectivity index (χ0n) is 12.5. The molecule has 0 aliphatic heterocycles. The summed E-state index contributed by atoms with van der Waals surface area (Å²) in [7, 11) is 2.20. The zero-order chi connectivity index (χ0) is 13.6. The number of hydrogen-bond acceptors (Lipinski definition) is 4. The second kappa shape index (κ2) is 4.74. The quantitative estimate of drug-likeness (QED) is 0.896. The SMILES string of the molecule is CN(c1nc(C(C)(C)C)c(CNC2CC2)s1)C1CC1. The van der Waals surface area contributed by atoms with E-state index in [0.29, 0.717) is 0 Å². The number of nitrogens with zero attached hydrogens (tertiary/aromatic N) is 2. The third-order valence-corrected chi connectivity index (χ3v) is 5.07. The van der Waals surface area contributed by atoms with Crippen molar-refractivity contribution in [1.82, 2.24) is 10.3 Å². The van der Waals surface area contributed by atoms with Gasteiger partial charge in [-0.15, -0.1) is 11.3 Å². The highest BCUT2D eigenvalue weighted by molar-refractivity contribution is 7.15. The summed E-state index contributed by atoms with van der Waals surface area (Å²) in [5, 5.41) is 4.84. The maximum Gasteiger partial charge on any atom is 0.185 e. The lowest BCUT2D eigenvalue weighted by atomic mass is 9.91. The van der Waals surface area contributed by atoms with Crippen LogP contribution in [-0.2, 0) is 12.0 Å². The van der Waals surface area contributed by atoms with Gasteiger partial charge in [-0.05, 0) is 25.7 Å². The zero-order valence-corrected chi connectivity index (χ0v) is 13.3. The Bertz CT molecular complexity index is 452. The van der Waals surface area contributed by atoms with Crippen LogP contribution >= 0.6 is 11.3 Å². The summed E-state index contributed by atoms with van der Waals surface area (Å²) >= 11 is 1.88. The van der Waals surface area contributed by atoms with Crippen LogP contribution < -0.4 is 10.2 Å². The van der Waals surface area contributed by atoms with E-state index in [4.69, 9.17) is 4.98 Å². The smallest absolute Gasteiger partial charge is 0.185 e. The molecule has 0 saturated heterocycles. The highest BCUT2D eigenvalue weighted by atomic mass is 32.1. The number of hydrogen-bond donors (Lipinski definition) is 1. The van der Waals surface area contributed by atoms with E-state index in [1.54, 1.807) is 0 Å². The number of nitrogens with one attached hydrogen (secondary N) is 1. The third-order valence-electron chi connectivity index (χ3n) is 3.92. The number of thiazole rings is 1. The third kappa shape index (κ3) is 3.11. The summed E-state index contributed by atoms with van der Waals surface area (Å²) in [4.78, 5) is 8.75. The minimum absolute atomic E-state index is 0.139. The molecule has 2 saturated carbocycles. The molecule has 0 amide bonds. The van der Waals surface area contributed by atoms with Gasteiger partial charge in [0.1, 0.15) is 0 Å². The molecule has 0 spiro atoms. The van der Waals surface area contributed by atoms with Crippen molar-refractivity contribution in [2.75, 3.05) is 11.9 Å². The Morgan fingerprint density at radius 1 is 1.26 bits per heavy atom. The van der Waals surface area contributed by atoms with E-state index in [1.807, 2.05) is 11.3 Å². The molecule has 106 valence electrons. The summed E-state index contributed by atoms with van der Waals surface area (Å²) in [5.41, 5.74) is 1.42. The first-order valence-corrected chi connectivity index (χ1v) is 8.23. The molecule has 3 nitrogen and oxygen atoms in total. The van der Waals surface area contributed by atoms with Gasteiger partial charge in [0.2, 0.25) is 0 Å². The van der Waals surface area contributed by atoms with Crippen molar-refractivity contribution in [2.45, 2.75) is 70.5 Å². The molecule has 0 atom stereocenters. The van der Waals surface area contributed by atoms with Crippen LogP contribution in [0, 0.1) is 0 Å². The monoisotopic (exact) mass is 279 g/mol. The van der Waals surface area contributed by atoms with Crippen LogP contribution in [0.25, 0.3) is 0 Å². The first-order chi connectivity index (χ1) is 8.95. The fourth-order valence-corrected chi connectivity index (χ4v) is 3.59. The van der Waals surface area contributed by atoms with Crippen molar-refractivity contribution in [3.8, 4) is 0 Å². The summed E-state index contributed by atoms with van der Waals surface area (Å²) in [6, 6.07) is 1.50. The molecule has 0 bridgehead atoms. The number of anilines is 1. The molecule has 0 unspecified atom stereocenters. The van der Waals surface area contributed by atoms with Crippen LogP contribution in [0.15, 0.2) is 0 Å². The van der Waals surface area contributed by atoms with Crippen LogP contribution in [0.3, 0.4) is 0 Å². The Hall–Kier alpha value is -0.610. The van der Waals surface area contributed by atoms with E-state index < -0.39 is 0 Å². The van der Waals surface area contributed by atoms with Gasteiger partial charge < -0.3 is 10.2 Å². The molecule has 1 aromatic heterocycles. The lowest BCUT2D eigenvalue weighted by Crippen LogP contribution is -2.21. The Labute approximate surface area is 120 Å². The predicted molar refractivity (Wildman–Crippen MR) is 82.1 cm³/mol. The van der Waals surface area contributed by atoms with Gasteiger partial charge in [-0.3, -0.25) is 0 Å². The van der Waals surface area contributed by atoms with Crippen molar-refractivity contribution in [1.29, 1.82) is 0 Å². The van der Waals surface area contributed by atoms with Gasteiger partial charge >= 0.3 is 0 Å². The van der Waals surface area contributed by atoms with E-state index >= 15 is 0 Å². The van der Waals surface area contributed by atoms with Crippen LogP contribution in [0.2, 0.25) is 0 Å². The first kappa shape index (κ1) is 13.4. The van der Waals surface area contributed by atoms with Gasteiger partial charge in [-0.25, -0.2) is 4.98 Å². The lowest BCUT2D eigenvalue weighted by Gasteiger charge is -2.18. The first-order valence-electron chi connectivity index (χ1n) is 7.41. The predicted octanol–water partition coefficient (Wildman–Crippen LogP) is 3.29. The van der Waals surface area contributed by atoms with Gasteiger partial charge in [-0.2, -0.15) is 0 Å². The Balaban J connectivity index is 1.81. The van der Waals surface area contributed by atoms with E-state index in [0.717, 1.165) is 18.6 Å². The van der Waals surface area contributed by atoms with E-state index in [2.05, 4.69) is 38.0 Å². The minimum Gasteiger partial charge on any atom is -0.348 e. The van der Waals surface area contributed by atoms with Gasteiger partial charge in [-0.1, -0.05) is 20.8 Å². The molecule has 2 aliphatic carbocycles. The van der Waals surface area contributed by atoms with E-state index in [9.17, 15) is 0 Å². The van der Waals surface area contributed by atoms with Crippen LogP contribution in [0.1, 0.15) is 57.0 Å². The summed E-state index contributed by atoms with van der Waals surface area (Å²) in [6.45, 7) is 7.80.